The highest BCUT2D eigenvalue weighted by Crippen LogP contribution is 2.26. The second-order valence-electron chi connectivity index (χ2n) is 3.84. The van der Waals surface area contributed by atoms with Crippen LogP contribution in [0.2, 0.25) is 0 Å². The Bertz CT molecular complexity index is 752. The van der Waals surface area contributed by atoms with Crippen LogP contribution >= 0.6 is 0 Å². The van der Waals surface area contributed by atoms with E-state index in [0.29, 0.717) is 28.5 Å². The molecule has 19 heavy (non-hydrogen) atoms. The number of hydrogen-bond acceptors (Lipinski definition) is 5. The number of anilines is 1. The number of nitrogens with zero attached hydrogens (tertiary/aromatic N) is 4. The highest BCUT2D eigenvalue weighted by Gasteiger charge is 2.16. The number of aromatic nitrogens is 3. The Labute approximate surface area is 108 Å². The lowest BCUT2D eigenvalue weighted by Gasteiger charge is -2.04. The number of rotatable bonds is 2. The van der Waals surface area contributed by atoms with E-state index in [9.17, 15) is 0 Å². The largest absolute Gasteiger partial charge is 0.463 e. The molecule has 3 rings (SSSR count). The van der Waals surface area contributed by atoms with Crippen LogP contribution in [0.3, 0.4) is 0 Å². The first-order valence-corrected chi connectivity index (χ1v) is 5.56. The van der Waals surface area contributed by atoms with Crippen LogP contribution in [0.15, 0.2) is 47.1 Å². The Balaban J connectivity index is 2.16. The first-order valence-electron chi connectivity index (χ1n) is 5.56. The lowest BCUT2D eigenvalue weighted by Crippen LogP contribution is -2.04. The van der Waals surface area contributed by atoms with Gasteiger partial charge in [0.1, 0.15) is 6.07 Å². The summed E-state index contributed by atoms with van der Waals surface area (Å²) >= 11 is 0. The zero-order chi connectivity index (χ0) is 13.2. The van der Waals surface area contributed by atoms with Crippen molar-refractivity contribution in [3.8, 4) is 23.2 Å². The molecule has 92 valence electrons. The summed E-state index contributed by atoms with van der Waals surface area (Å²) in [6.45, 7) is 0. The third-order valence-electron chi connectivity index (χ3n) is 2.71. The smallest absolute Gasteiger partial charge is 0.172 e. The van der Waals surface area contributed by atoms with Crippen molar-refractivity contribution in [2.75, 3.05) is 5.73 Å². The van der Waals surface area contributed by atoms with Crippen LogP contribution < -0.4 is 5.73 Å². The Morgan fingerprint density at radius 2 is 2.05 bits per heavy atom. The van der Waals surface area contributed by atoms with E-state index in [1.54, 1.807) is 30.3 Å². The molecule has 0 atom stereocenters. The number of furan rings is 1. The van der Waals surface area contributed by atoms with Gasteiger partial charge in [-0.15, -0.1) is 5.10 Å². The van der Waals surface area contributed by atoms with Crippen LogP contribution in [-0.2, 0) is 0 Å². The minimum atomic E-state index is 0.331. The normalized spacial score (nSPS) is 10.3. The summed E-state index contributed by atoms with van der Waals surface area (Å²) in [5.41, 5.74) is 7.54. The van der Waals surface area contributed by atoms with Crippen LogP contribution in [0, 0.1) is 11.3 Å². The molecule has 0 aliphatic heterocycles. The first-order chi connectivity index (χ1) is 9.31. The SMILES string of the molecule is N#Cc1ccccc1-n1nnc(-c2ccco2)c1N. The van der Waals surface area contributed by atoms with Gasteiger partial charge in [-0.3, -0.25) is 0 Å². The predicted octanol–water partition coefficient (Wildman–Crippen LogP) is 1.98. The fourth-order valence-electron chi connectivity index (χ4n) is 1.81. The molecule has 0 saturated heterocycles. The predicted molar refractivity (Wildman–Crippen MR) is 68.2 cm³/mol. The lowest BCUT2D eigenvalue weighted by atomic mass is 10.2. The van der Waals surface area contributed by atoms with Crippen molar-refractivity contribution in [1.82, 2.24) is 15.0 Å². The molecule has 0 saturated carbocycles. The van der Waals surface area contributed by atoms with Gasteiger partial charge in [-0.2, -0.15) is 9.94 Å². The summed E-state index contributed by atoms with van der Waals surface area (Å²) in [6, 6.07) is 12.6. The maximum absolute atomic E-state index is 9.09. The van der Waals surface area contributed by atoms with Gasteiger partial charge in [0.05, 0.1) is 17.5 Å². The van der Waals surface area contributed by atoms with Gasteiger partial charge in [-0.05, 0) is 24.3 Å². The Kier molecular flexibility index (Phi) is 2.50. The molecule has 0 amide bonds. The molecule has 2 heterocycles. The van der Waals surface area contributed by atoms with Gasteiger partial charge >= 0.3 is 0 Å². The monoisotopic (exact) mass is 251 g/mol. The van der Waals surface area contributed by atoms with Crippen LogP contribution in [0.4, 0.5) is 5.82 Å². The van der Waals surface area contributed by atoms with Gasteiger partial charge in [-0.25, -0.2) is 0 Å². The van der Waals surface area contributed by atoms with Crippen molar-refractivity contribution < 1.29 is 4.42 Å². The van der Waals surface area contributed by atoms with Gasteiger partial charge in [0.15, 0.2) is 17.3 Å². The fourth-order valence-corrected chi connectivity index (χ4v) is 1.81. The molecule has 0 aliphatic rings. The molecule has 1 aromatic carbocycles. The number of nitrogen functional groups attached to an aromatic ring is 1. The van der Waals surface area contributed by atoms with Gasteiger partial charge in [0, 0.05) is 0 Å². The quantitative estimate of drug-likeness (QED) is 0.751. The van der Waals surface area contributed by atoms with E-state index in [2.05, 4.69) is 16.4 Å². The van der Waals surface area contributed by atoms with Crippen molar-refractivity contribution in [3.63, 3.8) is 0 Å². The number of nitrogens with two attached hydrogens (primary N) is 1. The summed E-state index contributed by atoms with van der Waals surface area (Å²) in [5.74, 6) is 0.871. The molecule has 0 bridgehead atoms. The molecule has 3 aromatic rings. The summed E-state index contributed by atoms with van der Waals surface area (Å²) in [7, 11) is 0. The molecule has 6 heteroatoms. The Morgan fingerprint density at radius 3 is 2.79 bits per heavy atom. The molecule has 0 fully saturated rings. The minimum Gasteiger partial charge on any atom is -0.463 e. The van der Waals surface area contributed by atoms with Gasteiger partial charge < -0.3 is 10.2 Å². The third-order valence-corrected chi connectivity index (χ3v) is 2.71. The van der Waals surface area contributed by atoms with E-state index in [0.717, 1.165) is 0 Å². The van der Waals surface area contributed by atoms with E-state index >= 15 is 0 Å². The first kappa shape index (κ1) is 11.0. The molecule has 6 nitrogen and oxygen atoms in total. The summed E-state index contributed by atoms with van der Waals surface area (Å²) < 4.78 is 6.67. The third kappa shape index (κ3) is 1.73. The van der Waals surface area contributed by atoms with E-state index in [1.807, 2.05) is 6.07 Å². The molecular formula is C13H9N5O. The van der Waals surface area contributed by atoms with Crippen LogP contribution in [0.25, 0.3) is 17.1 Å². The van der Waals surface area contributed by atoms with Gasteiger partial charge in [0.25, 0.3) is 0 Å². The van der Waals surface area contributed by atoms with Crippen molar-refractivity contribution in [2.45, 2.75) is 0 Å². The van der Waals surface area contributed by atoms with E-state index in [4.69, 9.17) is 15.4 Å². The maximum Gasteiger partial charge on any atom is 0.172 e. The van der Waals surface area contributed by atoms with Gasteiger partial charge in [-0.1, -0.05) is 17.3 Å². The number of nitriles is 1. The molecule has 0 radical (unpaired) electrons. The highest BCUT2D eigenvalue weighted by molar-refractivity contribution is 5.67. The number of para-hydroxylation sites is 1. The fraction of sp³-hybridized carbons (Fsp3) is 0. The molecule has 0 unspecified atom stereocenters. The van der Waals surface area contributed by atoms with E-state index < -0.39 is 0 Å². The Hall–Kier alpha value is -3.07. The standard InChI is InChI=1S/C13H9N5O/c14-8-9-4-1-2-5-10(9)18-13(15)12(16-17-18)11-6-3-7-19-11/h1-7H,15H2. The second-order valence-corrected chi connectivity index (χ2v) is 3.84. The Morgan fingerprint density at radius 1 is 1.21 bits per heavy atom. The van der Waals surface area contributed by atoms with Crippen molar-refractivity contribution in [3.05, 3.63) is 48.2 Å². The van der Waals surface area contributed by atoms with Crippen LogP contribution in [0.5, 0.6) is 0 Å². The van der Waals surface area contributed by atoms with Crippen molar-refractivity contribution in [2.24, 2.45) is 0 Å². The van der Waals surface area contributed by atoms with E-state index in [1.165, 1.54) is 10.9 Å². The maximum atomic E-state index is 9.09. The number of benzene rings is 1. The molecule has 0 spiro atoms. The molecule has 2 N–H and O–H groups in total. The molecular weight excluding hydrogens is 242 g/mol. The average Bonchev–Trinajstić information content (AvgIpc) is 3.08. The average molecular weight is 251 g/mol. The zero-order valence-corrected chi connectivity index (χ0v) is 9.82. The van der Waals surface area contributed by atoms with Crippen LogP contribution in [-0.4, -0.2) is 15.0 Å². The summed E-state index contributed by atoms with van der Waals surface area (Å²) in [5, 5.41) is 17.1. The number of hydrogen-bond donors (Lipinski definition) is 1. The van der Waals surface area contributed by atoms with Crippen molar-refractivity contribution >= 4 is 5.82 Å². The highest BCUT2D eigenvalue weighted by atomic mass is 16.3. The topological polar surface area (TPSA) is 93.7 Å². The van der Waals surface area contributed by atoms with Crippen LogP contribution in [0.1, 0.15) is 5.56 Å². The van der Waals surface area contributed by atoms with Crippen molar-refractivity contribution in [1.29, 1.82) is 5.26 Å². The summed E-state index contributed by atoms with van der Waals surface area (Å²) in [4.78, 5) is 0. The second kappa shape index (κ2) is 4.31. The van der Waals surface area contributed by atoms with E-state index in [-0.39, 0.29) is 0 Å². The zero-order valence-electron chi connectivity index (χ0n) is 9.82. The van der Waals surface area contributed by atoms with Gasteiger partial charge in [0.2, 0.25) is 0 Å². The lowest BCUT2D eigenvalue weighted by molar-refractivity contribution is 0.580. The summed E-state index contributed by atoms with van der Waals surface area (Å²) in [6.07, 6.45) is 1.54. The minimum absolute atomic E-state index is 0.331. The molecule has 2 aromatic heterocycles. The molecule has 0 aliphatic carbocycles.